The first-order valence-electron chi connectivity index (χ1n) is 6.91. The zero-order chi connectivity index (χ0) is 13.8. The molecule has 2 rings (SSSR count). The van der Waals surface area contributed by atoms with Crippen molar-refractivity contribution in [1.82, 2.24) is 5.32 Å². The number of carbonyl (C=O) groups excluding carboxylic acids is 1. The van der Waals surface area contributed by atoms with E-state index in [4.69, 9.17) is 17.3 Å². The van der Waals surface area contributed by atoms with Crippen LogP contribution in [-0.2, 0) is 4.79 Å². The Morgan fingerprint density at radius 3 is 2.55 bits per heavy atom. The van der Waals surface area contributed by atoms with Gasteiger partial charge in [-0.3, -0.25) is 4.79 Å². The number of hydrogen-bond donors (Lipinski definition) is 2. The predicted molar refractivity (Wildman–Crippen MR) is 85.2 cm³/mol. The summed E-state index contributed by atoms with van der Waals surface area (Å²) in [6.45, 7) is 2.07. The first-order chi connectivity index (χ1) is 9.10. The number of halogens is 2. The van der Waals surface area contributed by atoms with Crippen LogP contribution in [0.2, 0.25) is 5.02 Å². The lowest BCUT2D eigenvalue weighted by molar-refractivity contribution is -0.125. The van der Waals surface area contributed by atoms with E-state index >= 15 is 0 Å². The second kappa shape index (κ2) is 7.87. The van der Waals surface area contributed by atoms with Crippen LogP contribution in [0.1, 0.15) is 44.2 Å². The summed E-state index contributed by atoms with van der Waals surface area (Å²) in [5.41, 5.74) is 6.96. The predicted octanol–water partition coefficient (Wildman–Crippen LogP) is 3.46. The molecular weight excluding hydrogens is 295 g/mol. The maximum absolute atomic E-state index is 12.2. The van der Waals surface area contributed by atoms with Crippen molar-refractivity contribution in [2.24, 2.45) is 11.7 Å². The summed E-state index contributed by atoms with van der Waals surface area (Å²) in [6.07, 6.45) is 3.54. The van der Waals surface area contributed by atoms with Crippen LogP contribution in [0.15, 0.2) is 24.3 Å². The van der Waals surface area contributed by atoms with E-state index in [0.29, 0.717) is 5.02 Å². The van der Waals surface area contributed by atoms with E-state index in [1.54, 1.807) is 0 Å². The van der Waals surface area contributed by atoms with Crippen molar-refractivity contribution in [2.75, 3.05) is 0 Å². The molecule has 1 saturated carbocycles. The molecule has 112 valence electrons. The van der Waals surface area contributed by atoms with E-state index in [-0.39, 0.29) is 36.3 Å². The van der Waals surface area contributed by atoms with Crippen molar-refractivity contribution < 1.29 is 4.79 Å². The van der Waals surface area contributed by atoms with E-state index in [1.165, 1.54) is 0 Å². The van der Waals surface area contributed by atoms with Gasteiger partial charge in [-0.25, -0.2) is 0 Å². The third kappa shape index (κ3) is 4.37. The van der Waals surface area contributed by atoms with Gasteiger partial charge in [0.05, 0.1) is 6.04 Å². The van der Waals surface area contributed by atoms with Gasteiger partial charge in [-0.05, 0) is 43.4 Å². The third-order valence-electron chi connectivity index (χ3n) is 3.84. The lowest BCUT2D eigenvalue weighted by atomic mass is 10.0. The molecule has 1 aliphatic carbocycles. The van der Waals surface area contributed by atoms with E-state index < -0.39 is 0 Å². The number of hydrogen-bond acceptors (Lipinski definition) is 2. The van der Waals surface area contributed by atoms with Gasteiger partial charge in [0.2, 0.25) is 5.91 Å². The Morgan fingerprint density at radius 1 is 1.40 bits per heavy atom. The number of amides is 1. The molecule has 3 N–H and O–H groups in total. The molecule has 0 spiro atoms. The highest BCUT2D eigenvalue weighted by Gasteiger charge is 2.28. The van der Waals surface area contributed by atoms with Crippen molar-refractivity contribution in [3.05, 3.63) is 34.9 Å². The Kier molecular flexibility index (Phi) is 6.80. The first kappa shape index (κ1) is 17.3. The summed E-state index contributed by atoms with van der Waals surface area (Å²) in [5.74, 6) is 0.214. The third-order valence-corrected chi connectivity index (χ3v) is 4.09. The summed E-state index contributed by atoms with van der Waals surface area (Å²) in [7, 11) is 0. The Labute approximate surface area is 131 Å². The Hall–Kier alpha value is -0.770. The maximum Gasteiger partial charge on any atom is 0.223 e. The lowest BCUT2D eigenvalue weighted by Crippen LogP contribution is -2.33. The van der Waals surface area contributed by atoms with Gasteiger partial charge in [-0.15, -0.1) is 12.4 Å². The van der Waals surface area contributed by atoms with Crippen molar-refractivity contribution in [3.63, 3.8) is 0 Å². The summed E-state index contributed by atoms with van der Waals surface area (Å²) in [4.78, 5) is 12.2. The lowest BCUT2D eigenvalue weighted by Gasteiger charge is -2.20. The summed E-state index contributed by atoms with van der Waals surface area (Å²) < 4.78 is 0. The molecule has 0 radical (unpaired) electrons. The van der Waals surface area contributed by atoms with E-state index in [2.05, 4.69) is 12.2 Å². The highest BCUT2D eigenvalue weighted by Crippen LogP contribution is 2.26. The quantitative estimate of drug-likeness (QED) is 0.893. The zero-order valence-electron chi connectivity index (χ0n) is 11.6. The molecule has 0 heterocycles. The molecule has 5 heteroatoms. The largest absolute Gasteiger partial charge is 0.349 e. The highest BCUT2D eigenvalue weighted by atomic mass is 35.5. The molecule has 0 saturated heterocycles. The fourth-order valence-corrected chi connectivity index (χ4v) is 2.79. The standard InChI is InChI=1S/C15H21ClN2O.ClH/c1-2-14(10-3-6-12(16)7-4-10)18-15(19)11-5-8-13(17)9-11;/h3-4,6-7,11,13-14H,2,5,8-9,17H2,1H3,(H,18,19);1H. The van der Waals surface area contributed by atoms with Crippen molar-refractivity contribution in [1.29, 1.82) is 0 Å². The average molecular weight is 317 g/mol. The molecule has 1 aromatic rings. The van der Waals surface area contributed by atoms with E-state index in [1.807, 2.05) is 24.3 Å². The Balaban J connectivity index is 0.00000200. The maximum atomic E-state index is 12.2. The molecular formula is C15H22Cl2N2O. The normalized spacial score (nSPS) is 22.9. The Bertz CT molecular complexity index is 436. The number of benzene rings is 1. The second-order valence-electron chi connectivity index (χ2n) is 5.29. The van der Waals surface area contributed by atoms with Gasteiger partial charge in [0, 0.05) is 17.0 Å². The van der Waals surface area contributed by atoms with Crippen LogP contribution in [0.25, 0.3) is 0 Å². The summed E-state index contributed by atoms with van der Waals surface area (Å²) in [6, 6.07) is 7.90. The molecule has 0 aromatic heterocycles. The molecule has 20 heavy (non-hydrogen) atoms. The average Bonchev–Trinajstić information content (AvgIpc) is 2.84. The second-order valence-corrected chi connectivity index (χ2v) is 5.73. The van der Waals surface area contributed by atoms with Gasteiger partial charge in [0.25, 0.3) is 0 Å². The van der Waals surface area contributed by atoms with Crippen LogP contribution < -0.4 is 11.1 Å². The Morgan fingerprint density at radius 2 is 2.05 bits per heavy atom. The van der Waals surface area contributed by atoms with Crippen molar-refractivity contribution in [2.45, 2.75) is 44.7 Å². The molecule has 3 nitrogen and oxygen atoms in total. The van der Waals surface area contributed by atoms with Crippen LogP contribution >= 0.6 is 24.0 Å². The highest BCUT2D eigenvalue weighted by molar-refractivity contribution is 6.30. The van der Waals surface area contributed by atoms with Gasteiger partial charge < -0.3 is 11.1 Å². The van der Waals surface area contributed by atoms with Crippen LogP contribution in [0.3, 0.4) is 0 Å². The van der Waals surface area contributed by atoms with Crippen molar-refractivity contribution in [3.8, 4) is 0 Å². The number of nitrogens with two attached hydrogens (primary N) is 1. The smallest absolute Gasteiger partial charge is 0.223 e. The summed E-state index contributed by atoms with van der Waals surface area (Å²) >= 11 is 5.88. The summed E-state index contributed by atoms with van der Waals surface area (Å²) in [5, 5.41) is 3.84. The molecule has 0 aliphatic heterocycles. The fourth-order valence-electron chi connectivity index (χ4n) is 2.66. The zero-order valence-corrected chi connectivity index (χ0v) is 13.2. The minimum atomic E-state index is 0. The molecule has 0 bridgehead atoms. The molecule has 1 aliphatic rings. The van der Waals surface area contributed by atoms with Crippen LogP contribution in [0.5, 0.6) is 0 Å². The van der Waals surface area contributed by atoms with Gasteiger partial charge in [0.15, 0.2) is 0 Å². The number of carbonyl (C=O) groups is 1. The molecule has 3 atom stereocenters. The van der Waals surface area contributed by atoms with Crippen LogP contribution in [0, 0.1) is 5.92 Å². The van der Waals surface area contributed by atoms with Gasteiger partial charge in [-0.2, -0.15) is 0 Å². The SMILES string of the molecule is CCC(NC(=O)C1CCC(N)C1)c1ccc(Cl)cc1.Cl. The van der Waals surface area contributed by atoms with Crippen LogP contribution in [-0.4, -0.2) is 11.9 Å². The first-order valence-corrected chi connectivity index (χ1v) is 7.29. The number of rotatable bonds is 4. The minimum absolute atomic E-state index is 0. The van der Waals surface area contributed by atoms with Crippen LogP contribution in [0.4, 0.5) is 0 Å². The molecule has 3 unspecified atom stereocenters. The minimum Gasteiger partial charge on any atom is -0.349 e. The fraction of sp³-hybridized carbons (Fsp3) is 0.533. The molecule has 1 fully saturated rings. The van der Waals surface area contributed by atoms with Gasteiger partial charge in [0.1, 0.15) is 0 Å². The number of nitrogens with one attached hydrogen (secondary N) is 1. The van der Waals surface area contributed by atoms with Gasteiger partial charge >= 0.3 is 0 Å². The molecule has 1 amide bonds. The monoisotopic (exact) mass is 316 g/mol. The topological polar surface area (TPSA) is 55.1 Å². The van der Waals surface area contributed by atoms with Gasteiger partial charge in [-0.1, -0.05) is 30.7 Å². The van der Waals surface area contributed by atoms with E-state index in [0.717, 1.165) is 31.2 Å². The molecule has 1 aromatic carbocycles. The van der Waals surface area contributed by atoms with E-state index in [9.17, 15) is 4.79 Å². The van der Waals surface area contributed by atoms with Crippen molar-refractivity contribution >= 4 is 29.9 Å².